The molecule has 8 N–H and O–H groups in total. The summed E-state index contributed by atoms with van der Waals surface area (Å²) < 4.78 is 0. The maximum Gasteiger partial charge on any atom is 0.326 e. The number of carbonyl (C=O) groups is 6. The largest absolute Gasteiger partial charge is 0.481 e. The number of aliphatic carboxylic acids is 3. The molecule has 13 nitrogen and oxygen atoms in total. The van der Waals surface area contributed by atoms with E-state index in [0.29, 0.717) is 0 Å². The van der Waals surface area contributed by atoms with Crippen LogP contribution in [-0.4, -0.2) is 75.6 Å². The normalized spacial score (nSPS) is 13.6. The molecule has 0 rings (SSSR count). The highest BCUT2D eigenvalue weighted by Crippen LogP contribution is 1.99. The van der Waals surface area contributed by atoms with Crippen LogP contribution in [0.15, 0.2) is 0 Å². The van der Waals surface area contributed by atoms with Crippen molar-refractivity contribution in [3.63, 3.8) is 0 Å². The minimum absolute atomic E-state index is 0.266. The summed E-state index contributed by atoms with van der Waals surface area (Å²) in [5.41, 5.74) is 5.36. The van der Waals surface area contributed by atoms with E-state index in [2.05, 4.69) is 10.6 Å². The summed E-state index contributed by atoms with van der Waals surface area (Å²) in [6.07, 6.45) is -1.57. The molecule has 27 heavy (non-hydrogen) atoms. The fourth-order valence-electron chi connectivity index (χ4n) is 1.75. The van der Waals surface area contributed by atoms with Gasteiger partial charge in [0.25, 0.3) is 0 Å². The second-order valence-electron chi connectivity index (χ2n) is 5.56. The van der Waals surface area contributed by atoms with E-state index in [1.165, 1.54) is 6.92 Å². The zero-order valence-corrected chi connectivity index (χ0v) is 14.4. The first-order valence-corrected chi connectivity index (χ1v) is 7.73. The number of carboxylic acids is 3. The van der Waals surface area contributed by atoms with Gasteiger partial charge < -0.3 is 37.0 Å². The fraction of sp³-hybridized carbons (Fsp3) is 0.571. The van der Waals surface area contributed by atoms with Gasteiger partial charge in [0.2, 0.25) is 17.7 Å². The van der Waals surface area contributed by atoms with Crippen LogP contribution in [0.5, 0.6) is 0 Å². The van der Waals surface area contributed by atoms with E-state index in [1.807, 2.05) is 5.32 Å². The summed E-state index contributed by atoms with van der Waals surface area (Å²) in [4.78, 5) is 67.4. The monoisotopic (exact) mass is 390 g/mol. The summed E-state index contributed by atoms with van der Waals surface area (Å²) in [6.45, 7) is 0.642. The maximum atomic E-state index is 12.1. The lowest BCUT2D eigenvalue weighted by atomic mass is 10.1. The van der Waals surface area contributed by atoms with Crippen LogP contribution in [0.2, 0.25) is 0 Å². The standard InChI is InChI=1S/C14H22N4O9/c1-6(15)12(24)18-7(2-3-10(20)21)13(25)16-5-9(19)17-8(14(26)27)4-11(22)23/h6-8H,2-5,15H2,1H3,(H,16,25)(H,17,19)(H,18,24)(H,20,21)(H,22,23)(H,26,27). The van der Waals surface area contributed by atoms with Crippen molar-refractivity contribution in [2.75, 3.05) is 6.54 Å². The van der Waals surface area contributed by atoms with Gasteiger partial charge in [-0.1, -0.05) is 0 Å². The lowest BCUT2D eigenvalue weighted by Crippen LogP contribution is -2.53. The zero-order valence-electron chi connectivity index (χ0n) is 14.4. The number of rotatable bonds is 12. The van der Waals surface area contributed by atoms with Crippen molar-refractivity contribution in [1.82, 2.24) is 16.0 Å². The molecule has 3 amide bonds. The predicted molar refractivity (Wildman–Crippen MR) is 87.3 cm³/mol. The molecule has 0 bridgehead atoms. The number of hydrogen-bond acceptors (Lipinski definition) is 7. The van der Waals surface area contributed by atoms with E-state index in [9.17, 15) is 28.8 Å². The van der Waals surface area contributed by atoms with Crippen LogP contribution in [0, 0.1) is 0 Å². The van der Waals surface area contributed by atoms with Crippen molar-refractivity contribution >= 4 is 35.6 Å². The van der Waals surface area contributed by atoms with E-state index < -0.39 is 73.1 Å². The molecular weight excluding hydrogens is 368 g/mol. The highest BCUT2D eigenvalue weighted by Gasteiger charge is 2.25. The van der Waals surface area contributed by atoms with Gasteiger partial charge in [0.15, 0.2) is 0 Å². The number of carboxylic acid groups (broad SMARTS) is 3. The lowest BCUT2D eigenvalue weighted by Gasteiger charge is -2.19. The van der Waals surface area contributed by atoms with Crippen LogP contribution in [-0.2, 0) is 28.8 Å². The van der Waals surface area contributed by atoms with Crippen LogP contribution < -0.4 is 21.7 Å². The van der Waals surface area contributed by atoms with E-state index >= 15 is 0 Å². The Labute approximate surface area is 153 Å². The third-order valence-electron chi connectivity index (χ3n) is 3.13. The zero-order chi connectivity index (χ0) is 21.1. The predicted octanol–water partition coefficient (Wildman–Crippen LogP) is -3.16. The average Bonchev–Trinajstić information content (AvgIpc) is 2.54. The molecule has 13 heteroatoms. The van der Waals surface area contributed by atoms with Crippen molar-refractivity contribution in [2.45, 2.75) is 44.3 Å². The lowest BCUT2D eigenvalue weighted by molar-refractivity contribution is -0.147. The highest BCUT2D eigenvalue weighted by atomic mass is 16.4. The molecule has 0 heterocycles. The van der Waals surface area contributed by atoms with Crippen molar-refractivity contribution in [3.05, 3.63) is 0 Å². The van der Waals surface area contributed by atoms with E-state index in [-0.39, 0.29) is 6.42 Å². The molecule has 0 saturated heterocycles. The van der Waals surface area contributed by atoms with Gasteiger partial charge in [0.05, 0.1) is 19.0 Å². The molecule has 3 unspecified atom stereocenters. The molecule has 0 aromatic rings. The third kappa shape index (κ3) is 10.4. The SMILES string of the molecule is CC(N)C(=O)NC(CCC(=O)O)C(=O)NCC(=O)NC(CC(=O)O)C(=O)O. The fourth-order valence-corrected chi connectivity index (χ4v) is 1.75. The summed E-state index contributed by atoms with van der Waals surface area (Å²) >= 11 is 0. The third-order valence-corrected chi connectivity index (χ3v) is 3.13. The molecule has 3 atom stereocenters. The van der Waals surface area contributed by atoms with Crippen LogP contribution in [0.3, 0.4) is 0 Å². The van der Waals surface area contributed by atoms with E-state index in [4.69, 9.17) is 21.1 Å². The van der Waals surface area contributed by atoms with Gasteiger partial charge in [-0.2, -0.15) is 0 Å². The average molecular weight is 390 g/mol. The molecule has 0 aliphatic rings. The molecule has 0 aliphatic carbocycles. The summed E-state index contributed by atoms with van der Waals surface area (Å²) in [7, 11) is 0. The van der Waals surface area contributed by atoms with Gasteiger partial charge in [-0.05, 0) is 13.3 Å². The molecule has 0 aromatic heterocycles. The Bertz CT molecular complexity index is 605. The molecule has 0 radical (unpaired) electrons. The highest BCUT2D eigenvalue weighted by molar-refractivity contribution is 5.93. The van der Waals surface area contributed by atoms with E-state index in [0.717, 1.165) is 0 Å². The van der Waals surface area contributed by atoms with Gasteiger partial charge in [-0.15, -0.1) is 0 Å². The van der Waals surface area contributed by atoms with Crippen molar-refractivity contribution in [2.24, 2.45) is 5.73 Å². The second-order valence-corrected chi connectivity index (χ2v) is 5.56. The Hall–Kier alpha value is -3.22. The Kier molecular flexibility index (Phi) is 10.0. The van der Waals surface area contributed by atoms with Crippen LogP contribution in [0.1, 0.15) is 26.2 Å². The van der Waals surface area contributed by atoms with Crippen molar-refractivity contribution in [3.8, 4) is 0 Å². The first kappa shape index (κ1) is 23.8. The minimum Gasteiger partial charge on any atom is -0.481 e. The summed E-state index contributed by atoms with van der Waals surface area (Å²) in [6, 6.07) is -3.92. The molecular formula is C14H22N4O9. The Morgan fingerprint density at radius 2 is 1.48 bits per heavy atom. The van der Waals surface area contributed by atoms with Crippen LogP contribution in [0.4, 0.5) is 0 Å². The van der Waals surface area contributed by atoms with Gasteiger partial charge in [0.1, 0.15) is 12.1 Å². The van der Waals surface area contributed by atoms with Gasteiger partial charge in [0, 0.05) is 6.42 Å². The summed E-state index contributed by atoms with van der Waals surface area (Å²) in [5, 5.41) is 32.4. The Morgan fingerprint density at radius 1 is 0.889 bits per heavy atom. The van der Waals surface area contributed by atoms with Crippen LogP contribution >= 0.6 is 0 Å². The molecule has 0 saturated carbocycles. The summed E-state index contributed by atoms with van der Waals surface area (Å²) in [5.74, 6) is -6.80. The number of amides is 3. The van der Waals surface area contributed by atoms with Crippen LogP contribution in [0.25, 0.3) is 0 Å². The first-order chi connectivity index (χ1) is 12.4. The van der Waals surface area contributed by atoms with Gasteiger partial charge in [-0.25, -0.2) is 4.79 Å². The second kappa shape index (κ2) is 11.4. The molecule has 0 fully saturated rings. The van der Waals surface area contributed by atoms with E-state index in [1.54, 1.807) is 0 Å². The Balaban J connectivity index is 4.78. The molecule has 0 aliphatic heterocycles. The maximum absolute atomic E-state index is 12.1. The topological polar surface area (TPSA) is 225 Å². The number of nitrogens with two attached hydrogens (primary N) is 1. The first-order valence-electron chi connectivity index (χ1n) is 7.73. The minimum atomic E-state index is -1.69. The Morgan fingerprint density at radius 3 is 1.93 bits per heavy atom. The number of hydrogen-bond donors (Lipinski definition) is 7. The van der Waals surface area contributed by atoms with Crippen molar-refractivity contribution in [1.29, 1.82) is 0 Å². The quantitative estimate of drug-likeness (QED) is 0.177. The molecule has 0 aromatic carbocycles. The number of nitrogens with one attached hydrogen (secondary N) is 3. The van der Waals surface area contributed by atoms with Crippen molar-refractivity contribution < 1.29 is 44.1 Å². The number of carbonyl (C=O) groups excluding carboxylic acids is 3. The van der Waals surface area contributed by atoms with Gasteiger partial charge in [-0.3, -0.25) is 24.0 Å². The van der Waals surface area contributed by atoms with Gasteiger partial charge >= 0.3 is 17.9 Å². The molecule has 0 spiro atoms. The smallest absolute Gasteiger partial charge is 0.326 e. The molecule has 152 valence electrons.